The number of amides is 1. The first-order valence-corrected chi connectivity index (χ1v) is 7.62. The van der Waals surface area contributed by atoms with E-state index in [9.17, 15) is 14.9 Å². The van der Waals surface area contributed by atoms with Gasteiger partial charge in [-0.3, -0.25) is 14.9 Å². The Labute approximate surface area is 131 Å². The largest absolute Gasteiger partial charge is 0.496 e. The summed E-state index contributed by atoms with van der Waals surface area (Å²) in [6.45, 7) is 4.05. The molecule has 0 fully saturated rings. The maximum absolute atomic E-state index is 12.2. The molecule has 110 valence electrons. The van der Waals surface area contributed by atoms with Gasteiger partial charge < -0.3 is 10.1 Å². The van der Waals surface area contributed by atoms with Crippen molar-refractivity contribution < 1.29 is 14.5 Å². The summed E-state index contributed by atoms with van der Waals surface area (Å²) in [4.78, 5) is 22.4. The van der Waals surface area contributed by atoms with E-state index in [1.54, 1.807) is 0 Å². The van der Waals surface area contributed by atoms with Gasteiger partial charge in [0.15, 0.2) is 0 Å². The Morgan fingerprint density at radius 1 is 1.50 bits per heavy atom. The van der Waals surface area contributed by atoms with Crippen molar-refractivity contribution in [3.05, 3.63) is 33.9 Å². The number of nitro benzene ring substituents is 1. The number of benzene rings is 1. The molecule has 1 rings (SSSR count). The molecule has 0 saturated carbocycles. The van der Waals surface area contributed by atoms with Crippen LogP contribution in [-0.4, -0.2) is 28.4 Å². The topological polar surface area (TPSA) is 81.5 Å². The highest BCUT2D eigenvalue weighted by atomic mass is 127. The smallest absolute Gasteiger partial charge is 0.273 e. The van der Waals surface area contributed by atoms with Gasteiger partial charge in [0, 0.05) is 16.5 Å². The number of nitrogens with one attached hydrogen (secondary N) is 1. The third kappa shape index (κ3) is 4.06. The predicted octanol–water partition coefficient (Wildman–Crippen LogP) is 2.79. The number of methoxy groups -OCH3 is 1. The Kier molecular flexibility index (Phi) is 6.18. The molecule has 1 amide bonds. The van der Waals surface area contributed by atoms with Crippen LogP contribution in [0.4, 0.5) is 5.69 Å². The second-order valence-electron chi connectivity index (χ2n) is 4.62. The molecule has 0 aliphatic carbocycles. The summed E-state index contributed by atoms with van der Waals surface area (Å²) in [5, 5.41) is 13.6. The van der Waals surface area contributed by atoms with Crippen LogP contribution in [-0.2, 0) is 0 Å². The summed E-state index contributed by atoms with van der Waals surface area (Å²) in [7, 11) is 1.38. The van der Waals surface area contributed by atoms with Gasteiger partial charge in [-0.2, -0.15) is 0 Å². The first-order chi connectivity index (χ1) is 9.40. The number of nitro groups is 1. The lowest BCUT2D eigenvalue weighted by Gasteiger charge is -2.20. The van der Waals surface area contributed by atoms with Crippen LogP contribution in [0.3, 0.4) is 0 Å². The van der Waals surface area contributed by atoms with Gasteiger partial charge in [0.2, 0.25) is 0 Å². The Morgan fingerprint density at radius 2 is 2.15 bits per heavy atom. The van der Waals surface area contributed by atoms with Crippen LogP contribution in [0.2, 0.25) is 0 Å². The Bertz CT molecular complexity index is 505. The van der Waals surface area contributed by atoms with E-state index < -0.39 is 4.92 Å². The maximum atomic E-state index is 12.2. The first-order valence-electron chi connectivity index (χ1n) is 6.10. The molecule has 0 aromatic heterocycles. The molecular weight excluding hydrogens is 375 g/mol. The van der Waals surface area contributed by atoms with E-state index in [2.05, 4.69) is 27.9 Å². The lowest BCUT2D eigenvalue weighted by molar-refractivity contribution is -0.384. The van der Waals surface area contributed by atoms with E-state index in [4.69, 9.17) is 4.74 Å². The van der Waals surface area contributed by atoms with Crippen LogP contribution < -0.4 is 10.1 Å². The maximum Gasteiger partial charge on any atom is 0.273 e. The SMILES string of the molecule is COc1cc([N+](=O)[O-])ccc1C(=O)NC(CI)C(C)C. The Hall–Kier alpha value is -1.38. The van der Waals surface area contributed by atoms with Crippen LogP contribution in [0, 0.1) is 16.0 Å². The molecule has 0 aliphatic rings. The van der Waals surface area contributed by atoms with E-state index in [1.165, 1.54) is 25.3 Å². The van der Waals surface area contributed by atoms with Gasteiger partial charge in [0.1, 0.15) is 5.75 Å². The molecule has 1 aromatic carbocycles. The van der Waals surface area contributed by atoms with Gasteiger partial charge in [-0.15, -0.1) is 0 Å². The number of rotatable bonds is 6. The minimum atomic E-state index is -0.522. The van der Waals surface area contributed by atoms with Crippen molar-refractivity contribution >= 4 is 34.2 Å². The average molecular weight is 392 g/mol. The average Bonchev–Trinajstić information content (AvgIpc) is 2.43. The fourth-order valence-electron chi connectivity index (χ4n) is 1.61. The van der Waals surface area contributed by atoms with Gasteiger partial charge in [0.05, 0.1) is 23.7 Å². The van der Waals surface area contributed by atoms with E-state index in [-0.39, 0.29) is 23.4 Å². The van der Waals surface area contributed by atoms with Gasteiger partial charge >= 0.3 is 0 Å². The van der Waals surface area contributed by atoms with Gasteiger partial charge in [0.25, 0.3) is 11.6 Å². The molecular formula is C13H17IN2O4. The van der Waals surface area contributed by atoms with Crippen molar-refractivity contribution in [2.24, 2.45) is 5.92 Å². The molecule has 0 aliphatic heterocycles. The standard InChI is InChI=1S/C13H17IN2O4/c1-8(2)11(7-14)15-13(17)10-5-4-9(16(18)19)6-12(10)20-3/h4-6,8,11H,7H2,1-3H3,(H,15,17). The van der Waals surface area contributed by atoms with E-state index >= 15 is 0 Å². The fraction of sp³-hybridized carbons (Fsp3) is 0.462. The molecule has 0 heterocycles. The first kappa shape index (κ1) is 16.7. The number of halogens is 1. The summed E-state index contributed by atoms with van der Waals surface area (Å²) in [6.07, 6.45) is 0. The van der Waals surface area contributed by atoms with Crippen molar-refractivity contribution in [2.45, 2.75) is 19.9 Å². The summed E-state index contributed by atoms with van der Waals surface area (Å²) >= 11 is 2.21. The lowest BCUT2D eigenvalue weighted by Crippen LogP contribution is -2.39. The van der Waals surface area contributed by atoms with Crippen LogP contribution in [0.5, 0.6) is 5.75 Å². The van der Waals surface area contributed by atoms with Gasteiger partial charge in [-0.25, -0.2) is 0 Å². The third-order valence-corrected chi connectivity index (χ3v) is 3.88. The number of hydrogen-bond donors (Lipinski definition) is 1. The van der Waals surface area contributed by atoms with Crippen molar-refractivity contribution in [3.8, 4) is 5.75 Å². The van der Waals surface area contributed by atoms with Gasteiger partial charge in [-0.05, 0) is 12.0 Å². The zero-order valence-corrected chi connectivity index (χ0v) is 13.7. The number of hydrogen-bond acceptors (Lipinski definition) is 4. The molecule has 0 spiro atoms. The van der Waals surface area contributed by atoms with Crippen LogP contribution in [0.1, 0.15) is 24.2 Å². The zero-order chi connectivity index (χ0) is 15.3. The van der Waals surface area contributed by atoms with Crippen molar-refractivity contribution in [1.29, 1.82) is 0 Å². The second-order valence-corrected chi connectivity index (χ2v) is 5.50. The molecule has 0 radical (unpaired) electrons. The highest BCUT2D eigenvalue weighted by Crippen LogP contribution is 2.24. The van der Waals surface area contributed by atoms with Crippen molar-refractivity contribution in [2.75, 3.05) is 11.5 Å². The number of non-ortho nitro benzene ring substituents is 1. The Balaban J connectivity index is 3.01. The summed E-state index contributed by atoms with van der Waals surface area (Å²) in [5.74, 6) is 0.222. The zero-order valence-electron chi connectivity index (χ0n) is 11.6. The minimum Gasteiger partial charge on any atom is -0.496 e. The highest BCUT2D eigenvalue weighted by molar-refractivity contribution is 14.1. The highest BCUT2D eigenvalue weighted by Gasteiger charge is 2.20. The monoisotopic (exact) mass is 392 g/mol. The van der Waals surface area contributed by atoms with E-state index in [1.807, 2.05) is 13.8 Å². The van der Waals surface area contributed by atoms with Crippen LogP contribution in [0.25, 0.3) is 0 Å². The summed E-state index contributed by atoms with van der Waals surface area (Å²) in [5.41, 5.74) is 0.196. The van der Waals surface area contributed by atoms with Crippen LogP contribution in [0.15, 0.2) is 18.2 Å². The lowest BCUT2D eigenvalue weighted by atomic mass is 10.1. The third-order valence-electron chi connectivity index (χ3n) is 2.93. The molecule has 20 heavy (non-hydrogen) atoms. The van der Waals surface area contributed by atoms with Crippen LogP contribution >= 0.6 is 22.6 Å². The quantitative estimate of drug-likeness (QED) is 0.349. The van der Waals surface area contributed by atoms with Crippen molar-refractivity contribution in [3.63, 3.8) is 0 Å². The van der Waals surface area contributed by atoms with E-state index in [0.717, 1.165) is 4.43 Å². The number of carbonyl (C=O) groups is 1. The fourth-order valence-corrected chi connectivity index (χ4v) is 2.85. The number of ether oxygens (including phenoxy) is 1. The number of nitrogens with zero attached hydrogens (tertiary/aromatic N) is 1. The van der Waals surface area contributed by atoms with Crippen molar-refractivity contribution in [1.82, 2.24) is 5.32 Å². The molecule has 1 N–H and O–H groups in total. The molecule has 1 unspecified atom stereocenters. The molecule has 6 nitrogen and oxygen atoms in total. The molecule has 7 heteroatoms. The molecule has 1 atom stereocenters. The summed E-state index contributed by atoms with van der Waals surface area (Å²) in [6, 6.07) is 4.01. The molecule has 0 bridgehead atoms. The van der Waals surface area contributed by atoms with E-state index in [0.29, 0.717) is 11.5 Å². The number of alkyl halides is 1. The van der Waals surface area contributed by atoms with Gasteiger partial charge in [-0.1, -0.05) is 36.4 Å². The molecule has 0 saturated heterocycles. The summed E-state index contributed by atoms with van der Waals surface area (Å²) < 4.78 is 5.85. The Morgan fingerprint density at radius 3 is 2.60 bits per heavy atom. The predicted molar refractivity (Wildman–Crippen MR) is 84.6 cm³/mol. The molecule has 1 aromatic rings. The normalized spacial score (nSPS) is 12.1. The minimum absolute atomic E-state index is 0.0444. The second kappa shape index (κ2) is 7.41. The number of carbonyl (C=O) groups excluding carboxylic acids is 1.